The van der Waals surface area contributed by atoms with Crippen molar-refractivity contribution < 1.29 is 14.3 Å². The molecule has 1 aromatic rings. The van der Waals surface area contributed by atoms with Crippen LogP contribution in [0, 0.1) is 17.7 Å². The van der Waals surface area contributed by atoms with Crippen LogP contribution in [0.5, 0.6) is 0 Å². The number of carboxylic acids is 1. The van der Waals surface area contributed by atoms with E-state index in [0.717, 1.165) is 6.07 Å². The van der Waals surface area contributed by atoms with Crippen LogP contribution in [0.15, 0.2) is 18.2 Å². The van der Waals surface area contributed by atoms with Gasteiger partial charge in [0.25, 0.3) is 0 Å². The van der Waals surface area contributed by atoms with Gasteiger partial charge in [0, 0.05) is 5.56 Å². The van der Waals surface area contributed by atoms with E-state index in [0.29, 0.717) is 5.56 Å². The van der Waals surface area contributed by atoms with Gasteiger partial charge < -0.3 is 5.11 Å². The van der Waals surface area contributed by atoms with Crippen molar-refractivity contribution >= 4 is 5.97 Å². The molecule has 0 aromatic heterocycles. The van der Waals surface area contributed by atoms with Crippen LogP contribution in [0.1, 0.15) is 22.8 Å². The van der Waals surface area contributed by atoms with Crippen LogP contribution in [0.4, 0.5) is 4.39 Å². The summed E-state index contributed by atoms with van der Waals surface area (Å²) in [5, 5.41) is 8.51. The first kappa shape index (κ1) is 9.27. The van der Waals surface area contributed by atoms with Crippen molar-refractivity contribution in [3.05, 3.63) is 35.1 Å². The smallest absolute Gasteiger partial charge is 0.338 e. The molecule has 0 bridgehead atoms. The lowest BCUT2D eigenvalue weighted by molar-refractivity contribution is 0.0692. The Bertz CT molecular complexity index is 399. The lowest BCUT2D eigenvalue weighted by Crippen LogP contribution is -2.00. The molecule has 0 atom stereocenters. The summed E-state index contributed by atoms with van der Waals surface area (Å²) in [7, 11) is 0. The summed E-state index contributed by atoms with van der Waals surface area (Å²) >= 11 is 0. The largest absolute Gasteiger partial charge is 0.478 e. The standard InChI is InChI=1S/C10H7FO2/c1-2-3-7-4-5-8(10(12)13)9(11)6-7/h4-6H,1H3,(H,12,13). The van der Waals surface area contributed by atoms with Gasteiger partial charge in [-0.25, -0.2) is 9.18 Å². The first-order valence-corrected chi connectivity index (χ1v) is 3.60. The number of halogens is 1. The van der Waals surface area contributed by atoms with E-state index in [1.807, 2.05) is 0 Å². The number of carboxylic acid groups (broad SMARTS) is 1. The third-order valence-electron chi connectivity index (χ3n) is 1.47. The molecule has 0 saturated carbocycles. The molecule has 0 aliphatic carbocycles. The molecule has 0 aliphatic rings. The minimum absolute atomic E-state index is 0.332. The van der Waals surface area contributed by atoms with E-state index >= 15 is 0 Å². The van der Waals surface area contributed by atoms with Gasteiger partial charge in [-0.3, -0.25) is 0 Å². The SMILES string of the molecule is CC#Cc1ccc(C(=O)O)c(F)c1. The summed E-state index contributed by atoms with van der Waals surface area (Å²) in [6, 6.07) is 3.79. The summed E-state index contributed by atoms with van der Waals surface area (Å²) in [4.78, 5) is 10.4. The number of benzene rings is 1. The van der Waals surface area contributed by atoms with E-state index in [1.165, 1.54) is 12.1 Å². The molecule has 1 rings (SSSR count). The molecular formula is C10H7FO2. The lowest BCUT2D eigenvalue weighted by atomic mass is 10.1. The van der Waals surface area contributed by atoms with Crippen molar-refractivity contribution in [2.45, 2.75) is 6.92 Å². The van der Waals surface area contributed by atoms with Gasteiger partial charge in [0.2, 0.25) is 0 Å². The molecule has 0 radical (unpaired) electrons. The van der Waals surface area contributed by atoms with Crippen molar-refractivity contribution in [1.29, 1.82) is 0 Å². The van der Waals surface area contributed by atoms with Crippen molar-refractivity contribution in [3.8, 4) is 11.8 Å². The van der Waals surface area contributed by atoms with E-state index in [1.54, 1.807) is 6.92 Å². The average molecular weight is 178 g/mol. The van der Waals surface area contributed by atoms with Crippen LogP contribution in [0.3, 0.4) is 0 Å². The first-order chi connectivity index (χ1) is 6.15. The van der Waals surface area contributed by atoms with E-state index in [4.69, 9.17) is 5.11 Å². The Morgan fingerprint density at radius 1 is 1.54 bits per heavy atom. The predicted octanol–water partition coefficient (Wildman–Crippen LogP) is 1.90. The minimum atomic E-state index is -1.27. The quantitative estimate of drug-likeness (QED) is 0.667. The van der Waals surface area contributed by atoms with Crippen molar-refractivity contribution in [3.63, 3.8) is 0 Å². The van der Waals surface area contributed by atoms with E-state index in [9.17, 15) is 9.18 Å². The minimum Gasteiger partial charge on any atom is -0.478 e. The molecule has 1 N–H and O–H groups in total. The molecule has 0 spiro atoms. The second-order valence-corrected chi connectivity index (χ2v) is 2.37. The van der Waals surface area contributed by atoms with Gasteiger partial charge in [-0.1, -0.05) is 5.92 Å². The second kappa shape index (κ2) is 3.72. The van der Waals surface area contributed by atoms with Gasteiger partial charge in [-0.2, -0.15) is 0 Å². The van der Waals surface area contributed by atoms with Crippen molar-refractivity contribution in [2.75, 3.05) is 0 Å². The Morgan fingerprint density at radius 2 is 2.23 bits per heavy atom. The normalized spacial score (nSPS) is 8.77. The highest BCUT2D eigenvalue weighted by Crippen LogP contribution is 2.09. The lowest BCUT2D eigenvalue weighted by Gasteiger charge is -1.96. The number of hydrogen-bond acceptors (Lipinski definition) is 1. The maximum Gasteiger partial charge on any atom is 0.338 e. The molecule has 2 nitrogen and oxygen atoms in total. The molecule has 0 aliphatic heterocycles. The first-order valence-electron chi connectivity index (χ1n) is 3.60. The molecule has 66 valence electrons. The van der Waals surface area contributed by atoms with Gasteiger partial charge in [0.1, 0.15) is 5.82 Å². The third-order valence-corrected chi connectivity index (χ3v) is 1.47. The Labute approximate surface area is 75.0 Å². The van der Waals surface area contributed by atoms with Crippen LogP contribution in [0.25, 0.3) is 0 Å². The van der Waals surface area contributed by atoms with Gasteiger partial charge in [0.05, 0.1) is 5.56 Å². The highest BCUT2D eigenvalue weighted by Gasteiger charge is 2.09. The molecule has 0 amide bonds. The highest BCUT2D eigenvalue weighted by atomic mass is 19.1. The Hall–Kier alpha value is -1.82. The maximum absolute atomic E-state index is 13.0. The van der Waals surface area contributed by atoms with Gasteiger partial charge in [-0.05, 0) is 25.1 Å². The molecule has 0 unspecified atom stereocenters. The predicted molar refractivity (Wildman–Crippen MR) is 45.9 cm³/mol. The zero-order valence-corrected chi connectivity index (χ0v) is 6.97. The zero-order chi connectivity index (χ0) is 9.84. The molecular weight excluding hydrogens is 171 g/mol. The summed E-state index contributed by atoms with van der Waals surface area (Å²) < 4.78 is 13.0. The molecule has 1 aromatic carbocycles. The molecule has 0 fully saturated rings. The van der Waals surface area contributed by atoms with Gasteiger partial charge in [0.15, 0.2) is 0 Å². The number of rotatable bonds is 1. The number of carbonyl (C=O) groups is 1. The van der Waals surface area contributed by atoms with E-state index < -0.39 is 11.8 Å². The van der Waals surface area contributed by atoms with Gasteiger partial charge >= 0.3 is 5.97 Å². The topological polar surface area (TPSA) is 37.3 Å². The van der Waals surface area contributed by atoms with Crippen molar-refractivity contribution in [2.24, 2.45) is 0 Å². The highest BCUT2D eigenvalue weighted by molar-refractivity contribution is 5.88. The van der Waals surface area contributed by atoms with Crippen LogP contribution in [0.2, 0.25) is 0 Å². The Kier molecular flexibility index (Phi) is 2.65. The second-order valence-electron chi connectivity index (χ2n) is 2.37. The van der Waals surface area contributed by atoms with E-state index in [2.05, 4.69) is 11.8 Å². The Morgan fingerprint density at radius 3 is 2.69 bits per heavy atom. The molecule has 0 heterocycles. The summed E-state index contributed by atoms with van der Waals surface area (Å²) in [5.41, 5.74) is 0.145. The Balaban J connectivity index is 3.17. The number of hydrogen-bond donors (Lipinski definition) is 1. The van der Waals surface area contributed by atoms with Crippen LogP contribution in [-0.2, 0) is 0 Å². The van der Waals surface area contributed by atoms with Gasteiger partial charge in [-0.15, -0.1) is 5.92 Å². The molecule has 13 heavy (non-hydrogen) atoms. The molecule has 3 heteroatoms. The third kappa shape index (κ3) is 2.06. The van der Waals surface area contributed by atoms with Crippen LogP contribution < -0.4 is 0 Å². The van der Waals surface area contributed by atoms with Crippen molar-refractivity contribution in [1.82, 2.24) is 0 Å². The van der Waals surface area contributed by atoms with Crippen LogP contribution in [-0.4, -0.2) is 11.1 Å². The molecule has 0 saturated heterocycles. The van der Waals surface area contributed by atoms with Crippen LogP contribution >= 0.6 is 0 Å². The fourth-order valence-corrected chi connectivity index (χ4v) is 0.911. The summed E-state index contributed by atoms with van der Waals surface area (Å²) in [6.07, 6.45) is 0. The fraction of sp³-hybridized carbons (Fsp3) is 0.100. The summed E-state index contributed by atoms with van der Waals surface area (Å²) in [5.74, 6) is 3.20. The monoisotopic (exact) mass is 178 g/mol. The fourth-order valence-electron chi connectivity index (χ4n) is 0.911. The average Bonchev–Trinajstić information content (AvgIpc) is 2.04. The maximum atomic E-state index is 13.0. The number of aromatic carboxylic acids is 1. The van der Waals surface area contributed by atoms with E-state index in [-0.39, 0.29) is 5.56 Å². The zero-order valence-electron chi connectivity index (χ0n) is 6.97. The summed E-state index contributed by atoms with van der Waals surface area (Å²) in [6.45, 7) is 1.63.